The van der Waals surface area contributed by atoms with E-state index in [0.29, 0.717) is 12.0 Å². The fraction of sp³-hybridized carbons (Fsp3) is 0.909. The zero-order valence-electron chi connectivity index (χ0n) is 9.66. The number of rotatable bonds is 2. The Balaban J connectivity index is 2.61. The molecule has 1 aliphatic rings. The maximum Gasteiger partial charge on any atom is 0.227 e. The van der Waals surface area contributed by atoms with E-state index in [1.54, 1.807) is 0 Å². The Hall–Kier alpha value is -0.570. The van der Waals surface area contributed by atoms with Crippen LogP contribution in [0.25, 0.3) is 0 Å². The van der Waals surface area contributed by atoms with E-state index in [2.05, 4.69) is 13.8 Å². The highest BCUT2D eigenvalue weighted by molar-refractivity contribution is 5.79. The van der Waals surface area contributed by atoms with Gasteiger partial charge in [-0.15, -0.1) is 0 Å². The van der Waals surface area contributed by atoms with Gasteiger partial charge >= 0.3 is 0 Å². The molecule has 3 unspecified atom stereocenters. The van der Waals surface area contributed by atoms with Crippen molar-refractivity contribution in [2.45, 2.75) is 46.2 Å². The second-order valence-electron chi connectivity index (χ2n) is 4.83. The molecule has 2 N–H and O–H groups in total. The smallest absolute Gasteiger partial charge is 0.227 e. The lowest BCUT2D eigenvalue weighted by Crippen LogP contribution is -2.43. The zero-order chi connectivity index (χ0) is 10.9. The average molecular weight is 198 g/mol. The number of carbonyl (C=O) groups is 1. The van der Waals surface area contributed by atoms with Crippen molar-refractivity contribution in [1.29, 1.82) is 0 Å². The minimum absolute atomic E-state index is 0.0504. The molecule has 4 atom stereocenters. The molecule has 0 aromatic carbocycles. The fourth-order valence-electron chi connectivity index (χ4n) is 2.09. The van der Waals surface area contributed by atoms with Gasteiger partial charge in [0.1, 0.15) is 0 Å². The van der Waals surface area contributed by atoms with E-state index in [0.717, 1.165) is 13.0 Å². The number of carbonyl (C=O) groups excluding carboxylic acids is 1. The molecule has 0 saturated carbocycles. The lowest BCUT2D eigenvalue weighted by Gasteiger charge is -2.26. The standard InChI is InChI=1S/C11H22N2O/c1-7-5-8(2)13(6-7)11(14)9(3)10(4)12/h7-10H,5-6,12H2,1-4H3/t7?,8-,9?,10?/m1/s1. The monoisotopic (exact) mass is 198 g/mol. The number of amides is 1. The molecule has 0 aliphatic carbocycles. The van der Waals surface area contributed by atoms with Crippen molar-refractivity contribution >= 4 is 5.91 Å². The van der Waals surface area contributed by atoms with E-state index in [1.165, 1.54) is 0 Å². The van der Waals surface area contributed by atoms with Crippen molar-refractivity contribution in [2.24, 2.45) is 17.6 Å². The minimum Gasteiger partial charge on any atom is -0.339 e. The van der Waals surface area contributed by atoms with Gasteiger partial charge in [0, 0.05) is 18.6 Å². The summed E-state index contributed by atoms with van der Waals surface area (Å²) in [7, 11) is 0. The van der Waals surface area contributed by atoms with E-state index in [-0.39, 0.29) is 17.9 Å². The second-order valence-corrected chi connectivity index (χ2v) is 4.83. The van der Waals surface area contributed by atoms with Gasteiger partial charge in [0.25, 0.3) is 0 Å². The third kappa shape index (κ3) is 2.27. The summed E-state index contributed by atoms with van der Waals surface area (Å²) in [5.74, 6) is 0.800. The number of hydrogen-bond donors (Lipinski definition) is 1. The normalized spacial score (nSPS) is 31.6. The molecule has 1 heterocycles. The highest BCUT2D eigenvalue weighted by Crippen LogP contribution is 2.24. The summed E-state index contributed by atoms with van der Waals surface area (Å²) in [5, 5.41) is 0. The lowest BCUT2D eigenvalue weighted by molar-refractivity contribution is -0.136. The molecule has 82 valence electrons. The quantitative estimate of drug-likeness (QED) is 0.725. The van der Waals surface area contributed by atoms with E-state index >= 15 is 0 Å². The number of nitrogens with two attached hydrogens (primary N) is 1. The molecule has 0 radical (unpaired) electrons. The molecule has 1 fully saturated rings. The first-order chi connectivity index (χ1) is 6.43. The van der Waals surface area contributed by atoms with Crippen LogP contribution in [-0.2, 0) is 4.79 Å². The fourth-order valence-corrected chi connectivity index (χ4v) is 2.09. The summed E-state index contributed by atoms with van der Waals surface area (Å²) in [4.78, 5) is 14.0. The Labute approximate surface area is 86.6 Å². The van der Waals surface area contributed by atoms with E-state index in [9.17, 15) is 4.79 Å². The summed E-state index contributed by atoms with van der Waals surface area (Å²) in [6.45, 7) is 9.03. The summed E-state index contributed by atoms with van der Waals surface area (Å²) in [6, 6.07) is 0.337. The van der Waals surface area contributed by atoms with Crippen LogP contribution in [0.2, 0.25) is 0 Å². The predicted molar refractivity (Wildman–Crippen MR) is 57.8 cm³/mol. The molecule has 0 bridgehead atoms. The largest absolute Gasteiger partial charge is 0.339 e. The topological polar surface area (TPSA) is 46.3 Å². The molecule has 3 nitrogen and oxygen atoms in total. The van der Waals surface area contributed by atoms with Gasteiger partial charge < -0.3 is 10.6 Å². The first-order valence-corrected chi connectivity index (χ1v) is 5.49. The highest BCUT2D eigenvalue weighted by Gasteiger charge is 2.33. The zero-order valence-corrected chi connectivity index (χ0v) is 9.66. The van der Waals surface area contributed by atoms with Crippen molar-refractivity contribution in [1.82, 2.24) is 4.90 Å². The Morgan fingerprint density at radius 1 is 1.43 bits per heavy atom. The molecule has 3 heteroatoms. The van der Waals surface area contributed by atoms with Crippen LogP contribution >= 0.6 is 0 Å². The molecular formula is C11H22N2O. The summed E-state index contributed by atoms with van der Waals surface area (Å²) in [5.41, 5.74) is 5.74. The second kappa shape index (κ2) is 4.30. The van der Waals surface area contributed by atoms with Crippen molar-refractivity contribution in [2.75, 3.05) is 6.54 Å². The van der Waals surface area contributed by atoms with Crippen LogP contribution in [0.5, 0.6) is 0 Å². The van der Waals surface area contributed by atoms with Crippen molar-refractivity contribution < 1.29 is 4.79 Å². The number of nitrogens with zero attached hydrogens (tertiary/aromatic N) is 1. The first kappa shape index (κ1) is 11.5. The molecular weight excluding hydrogens is 176 g/mol. The van der Waals surface area contributed by atoms with Gasteiger partial charge in [-0.2, -0.15) is 0 Å². The maximum absolute atomic E-state index is 12.0. The van der Waals surface area contributed by atoms with Crippen molar-refractivity contribution in [3.63, 3.8) is 0 Å². The number of likely N-dealkylation sites (tertiary alicyclic amines) is 1. The van der Waals surface area contributed by atoms with Gasteiger partial charge in [-0.1, -0.05) is 13.8 Å². The van der Waals surface area contributed by atoms with Gasteiger partial charge in [0.2, 0.25) is 5.91 Å². The maximum atomic E-state index is 12.0. The predicted octanol–water partition coefficient (Wildman–Crippen LogP) is 1.23. The van der Waals surface area contributed by atoms with Crippen LogP contribution in [0.15, 0.2) is 0 Å². The molecule has 1 aliphatic heterocycles. The molecule has 1 saturated heterocycles. The van der Waals surface area contributed by atoms with Crippen molar-refractivity contribution in [3.05, 3.63) is 0 Å². The summed E-state index contributed by atoms with van der Waals surface area (Å²) >= 11 is 0. The van der Waals surface area contributed by atoms with Crippen LogP contribution < -0.4 is 5.73 Å². The van der Waals surface area contributed by atoms with Crippen LogP contribution in [0.4, 0.5) is 0 Å². The van der Waals surface area contributed by atoms with Crippen LogP contribution in [0, 0.1) is 11.8 Å². The lowest BCUT2D eigenvalue weighted by atomic mass is 10.0. The van der Waals surface area contributed by atoms with Gasteiger partial charge in [0.05, 0.1) is 5.92 Å². The third-order valence-electron chi connectivity index (χ3n) is 3.25. The van der Waals surface area contributed by atoms with Gasteiger partial charge in [0.15, 0.2) is 0 Å². The van der Waals surface area contributed by atoms with Gasteiger partial charge in [-0.3, -0.25) is 4.79 Å². The Bertz CT molecular complexity index is 215. The highest BCUT2D eigenvalue weighted by atomic mass is 16.2. The molecule has 1 amide bonds. The molecule has 0 aromatic rings. The average Bonchev–Trinajstić information content (AvgIpc) is 2.42. The van der Waals surface area contributed by atoms with E-state index < -0.39 is 0 Å². The van der Waals surface area contributed by atoms with Crippen LogP contribution in [0.3, 0.4) is 0 Å². The first-order valence-electron chi connectivity index (χ1n) is 5.49. The Morgan fingerprint density at radius 2 is 2.00 bits per heavy atom. The molecule has 1 rings (SSSR count). The summed E-state index contributed by atoms with van der Waals surface area (Å²) in [6.07, 6.45) is 1.12. The molecule has 0 aromatic heterocycles. The molecule has 0 spiro atoms. The SMILES string of the molecule is CC1C[C@@H](C)N(C(=O)C(C)C(C)N)C1. The van der Waals surface area contributed by atoms with Crippen molar-refractivity contribution in [3.8, 4) is 0 Å². The van der Waals surface area contributed by atoms with E-state index in [1.807, 2.05) is 18.7 Å². The molecule has 14 heavy (non-hydrogen) atoms. The van der Waals surface area contributed by atoms with Crippen LogP contribution in [0.1, 0.15) is 34.1 Å². The van der Waals surface area contributed by atoms with Gasteiger partial charge in [-0.05, 0) is 26.2 Å². The van der Waals surface area contributed by atoms with Gasteiger partial charge in [-0.25, -0.2) is 0 Å². The Morgan fingerprint density at radius 3 is 2.36 bits per heavy atom. The Kier molecular flexibility index (Phi) is 3.53. The van der Waals surface area contributed by atoms with Crippen LogP contribution in [-0.4, -0.2) is 29.4 Å². The third-order valence-corrected chi connectivity index (χ3v) is 3.25. The number of hydrogen-bond acceptors (Lipinski definition) is 2. The summed E-state index contributed by atoms with van der Waals surface area (Å²) < 4.78 is 0. The van der Waals surface area contributed by atoms with E-state index in [4.69, 9.17) is 5.73 Å². The minimum atomic E-state index is -0.0530.